The van der Waals surface area contributed by atoms with Crippen molar-refractivity contribution in [3.8, 4) is 11.5 Å². The minimum atomic E-state index is -3.01. The monoisotopic (exact) mass is 829 g/mol. The second-order valence-electron chi connectivity index (χ2n) is 19.0. The lowest BCUT2D eigenvalue weighted by Gasteiger charge is -2.43. The molecule has 0 aliphatic carbocycles. The van der Waals surface area contributed by atoms with Gasteiger partial charge in [-0.1, -0.05) is 194 Å². The van der Waals surface area contributed by atoms with Crippen LogP contribution in [0.3, 0.4) is 0 Å². The molecule has 60 heavy (non-hydrogen) atoms. The maximum Gasteiger partial charge on any atom is 0.320 e. The van der Waals surface area contributed by atoms with Crippen LogP contribution < -0.4 is 29.6 Å². The number of aliphatic hydroxyl groups excluding tert-OH is 1. The van der Waals surface area contributed by atoms with Gasteiger partial charge in [0.1, 0.15) is 11.5 Å². The van der Waals surface area contributed by atoms with Gasteiger partial charge in [-0.3, -0.25) is 0 Å². The molecule has 0 aliphatic rings. The summed E-state index contributed by atoms with van der Waals surface area (Å²) in [4.78, 5) is 3.96. The normalized spacial score (nSPS) is 13.0. The van der Waals surface area contributed by atoms with E-state index in [0.717, 1.165) is 62.8 Å². The molecule has 0 saturated heterocycles. The molecule has 0 unspecified atom stereocenters. The Labute approximate surface area is 360 Å². The van der Waals surface area contributed by atoms with E-state index in [-0.39, 0.29) is 16.7 Å². The number of aromatic amines is 1. The fraction of sp³-hybridized carbons (Fsp3) is 0.296. The first-order chi connectivity index (χ1) is 28.6. The molecule has 0 amide bonds. The predicted molar refractivity (Wildman–Crippen MR) is 261 cm³/mol. The Balaban J connectivity index is 1.55. The van der Waals surface area contributed by atoms with Crippen molar-refractivity contribution in [3.63, 3.8) is 0 Å². The Bertz CT molecular complexity index is 2500. The maximum atomic E-state index is 11.1. The Morgan fingerprint density at radius 1 is 0.633 bits per heavy atom. The first-order valence-electron chi connectivity index (χ1n) is 21.6. The SMILES string of the molecule is C/C(=C\c1c(C)c(O[Si](c2ccccc2)(c2ccccc2)C(C)(C)C)cc2c1[nH]c1c(O[Si](c3ccccc3)(c3ccccc3)C(C)(C)C)ccc(CO)c12)CCC(C)C. The lowest BCUT2D eigenvalue weighted by molar-refractivity contribution is 0.283. The van der Waals surface area contributed by atoms with Crippen LogP contribution in [0.15, 0.2) is 145 Å². The molecule has 310 valence electrons. The summed E-state index contributed by atoms with van der Waals surface area (Å²) < 4.78 is 15.6. The second-order valence-corrected chi connectivity index (χ2v) is 27.5. The van der Waals surface area contributed by atoms with Crippen molar-refractivity contribution in [2.75, 3.05) is 0 Å². The smallest absolute Gasteiger partial charge is 0.320 e. The van der Waals surface area contributed by atoms with Gasteiger partial charge in [0, 0.05) is 16.3 Å². The van der Waals surface area contributed by atoms with Crippen molar-refractivity contribution in [1.29, 1.82) is 0 Å². The number of nitrogens with one attached hydrogen (secondary N) is 1. The third-order valence-electron chi connectivity index (χ3n) is 12.4. The Kier molecular flexibility index (Phi) is 12.2. The summed E-state index contributed by atoms with van der Waals surface area (Å²) in [6, 6.07) is 49.7. The molecule has 6 aromatic carbocycles. The van der Waals surface area contributed by atoms with Gasteiger partial charge in [-0.2, -0.15) is 0 Å². The average Bonchev–Trinajstić information content (AvgIpc) is 3.62. The summed E-state index contributed by atoms with van der Waals surface area (Å²) in [5.41, 5.74) is 6.28. The van der Waals surface area contributed by atoms with Gasteiger partial charge in [0.25, 0.3) is 0 Å². The molecule has 2 N–H and O–H groups in total. The Morgan fingerprint density at radius 2 is 1.07 bits per heavy atom. The van der Waals surface area contributed by atoms with Gasteiger partial charge >= 0.3 is 16.6 Å². The van der Waals surface area contributed by atoms with Gasteiger partial charge < -0.3 is 18.9 Å². The zero-order valence-corrected chi connectivity index (χ0v) is 39.3. The molecule has 0 radical (unpaired) electrons. The van der Waals surface area contributed by atoms with Gasteiger partial charge in [0.05, 0.1) is 17.6 Å². The Hall–Kier alpha value is -5.15. The molecule has 0 atom stereocenters. The molecule has 0 fully saturated rings. The van der Waals surface area contributed by atoms with Gasteiger partial charge in [0.15, 0.2) is 0 Å². The summed E-state index contributed by atoms with van der Waals surface area (Å²) in [6.45, 7) is 22.8. The van der Waals surface area contributed by atoms with E-state index in [1.807, 2.05) is 0 Å². The van der Waals surface area contributed by atoms with E-state index in [2.05, 4.69) is 220 Å². The van der Waals surface area contributed by atoms with Crippen LogP contribution in [-0.4, -0.2) is 26.7 Å². The van der Waals surface area contributed by atoms with Gasteiger partial charge in [-0.05, 0) is 86.7 Å². The largest absolute Gasteiger partial charge is 0.534 e. The van der Waals surface area contributed by atoms with Crippen LogP contribution in [0, 0.1) is 12.8 Å². The van der Waals surface area contributed by atoms with E-state index in [9.17, 15) is 5.11 Å². The Morgan fingerprint density at radius 3 is 1.47 bits per heavy atom. The number of aromatic nitrogens is 1. The highest BCUT2D eigenvalue weighted by Gasteiger charge is 2.53. The van der Waals surface area contributed by atoms with Gasteiger partial charge in [0.2, 0.25) is 0 Å². The van der Waals surface area contributed by atoms with E-state index in [1.165, 1.54) is 26.3 Å². The van der Waals surface area contributed by atoms with Crippen LogP contribution in [0.1, 0.15) is 91.8 Å². The van der Waals surface area contributed by atoms with E-state index in [4.69, 9.17) is 8.85 Å². The third-order valence-corrected chi connectivity index (χ3v) is 22.3. The molecule has 1 heterocycles. The summed E-state index contributed by atoms with van der Waals surface area (Å²) in [5.74, 6) is 2.25. The third kappa shape index (κ3) is 7.81. The van der Waals surface area contributed by atoms with Crippen LogP contribution in [0.4, 0.5) is 0 Å². The molecule has 6 heteroatoms. The number of H-pyrrole nitrogens is 1. The number of fused-ring (bicyclic) bond motifs is 3. The van der Waals surface area contributed by atoms with Crippen LogP contribution in [-0.2, 0) is 6.61 Å². The topological polar surface area (TPSA) is 54.5 Å². The molecular weight excluding hydrogens is 767 g/mol. The van der Waals surface area contributed by atoms with E-state index >= 15 is 0 Å². The van der Waals surface area contributed by atoms with Crippen molar-refractivity contribution in [2.45, 2.75) is 98.8 Å². The zero-order chi connectivity index (χ0) is 42.9. The predicted octanol–water partition coefficient (Wildman–Crippen LogP) is 11.8. The van der Waals surface area contributed by atoms with Crippen LogP contribution in [0.5, 0.6) is 11.5 Å². The highest BCUT2D eigenvalue weighted by molar-refractivity contribution is 7.00. The highest BCUT2D eigenvalue weighted by Crippen LogP contribution is 2.46. The molecule has 1 aromatic heterocycles. The molecule has 0 aliphatic heterocycles. The molecule has 7 aromatic rings. The van der Waals surface area contributed by atoms with Crippen LogP contribution in [0.25, 0.3) is 27.9 Å². The van der Waals surface area contributed by atoms with E-state index in [0.29, 0.717) is 5.92 Å². The molecule has 0 saturated carbocycles. The van der Waals surface area contributed by atoms with Gasteiger partial charge in [-0.15, -0.1) is 0 Å². The zero-order valence-electron chi connectivity index (χ0n) is 37.3. The highest BCUT2D eigenvalue weighted by atomic mass is 28.4. The lowest BCUT2D eigenvalue weighted by Crippen LogP contribution is -2.68. The number of allylic oxidation sites excluding steroid dienone is 1. The van der Waals surface area contributed by atoms with Crippen molar-refractivity contribution < 1.29 is 14.0 Å². The summed E-state index contributed by atoms with van der Waals surface area (Å²) in [7, 11) is -6.02. The van der Waals surface area contributed by atoms with Gasteiger partial charge in [-0.25, -0.2) is 0 Å². The average molecular weight is 830 g/mol. The minimum Gasteiger partial charge on any atom is -0.534 e. The van der Waals surface area contributed by atoms with Crippen molar-refractivity contribution in [2.24, 2.45) is 5.92 Å². The number of hydrogen-bond donors (Lipinski definition) is 2. The fourth-order valence-electron chi connectivity index (χ4n) is 9.26. The molecule has 0 spiro atoms. The fourth-order valence-corrected chi connectivity index (χ4v) is 18.2. The van der Waals surface area contributed by atoms with Crippen LogP contribution >= 0.6 is 0 Å². The van der Waals surface area contributed by atoms with E-state index < -0.39 is 16.6 Å². The summed E-state index contributed by atoms with van der Waals surface area (Å²) >= 11 is 0. The molecular formula is C54H63NO3Si2. The van der Waals surface area contributed by atoms with Crippen molar-refractivity contribution in [1.82, 2.24) is 4.98 Å². The number of benzene rings is 6. The van der Waals surface area contributed by atoms with Crippen LogP contribution in [0.2, 0.25) is 10.1 Å². The number of hydrogen-bond acceptors (Lipinski definition) is 3. The summed E-state index contributed by atoms with van der Waals surface area (Å²) in [6.07, 6.45) is 4.48. The quantitative estimate of drug-likeness (QED) is 0.114. The number of aliphatic hydroxyl groups is 1. The molecule has 0 bridgehead atoms. The molecule has 4 nitrogen and oxygen atoms in total. The maximum absolute atomic E-state index is 11.1. The second kappa shape index (κ2) is 17.1. The lowest BCUT2D eigenvalue weighted by atomic mass is 9.97. The molecule has 7 rings (SSSR count). The standard InChI is InChI=1S/C54H63NO3Si2/c1-38(2)31-32-39(3)35-46-40(4)49(58-60(54(8,9)10,44-27-19-13-20-28-44)45-29-21-14-22-30-45)36-47-50-41(37-56)33-34-48(52(50)55-51(46)47)57-59(53(5,6)7,42-23-15-11-16-24-42)43-25-17-12-18-26-43/h11-30,33-36,38,55-56H,31-32,37H2,1-10H3/b39-35+. The van der Waals surface area contributed by atoms with E-state index in [1.54, 1.807) is 0 Å². The first-order valence-corrected chi connectivity index (χ1v) is 25.4. The minimum absolute atomic E-state index is 0.111. The van der Waals surface area contributed by atoms with Crippen molar-refractivity contribution >= 4 is 65.3 Å². The van der Waals surface area contributed by atoms with Crippen molar-refractivity contribution in [3.05, 3.63) is 162 Å². The number of rotatable bonds is 13. The summed E-state index contributed by atoms with van der Waals surface area (Å²) in [5, 5.41) is 17.5. The first kappa shape index (κ1) is 43.0.